The largest absolute Gasteiger partial charge is 0.294 e. The molecule has 2 unspecified atom stereocenters. The van der Waals surface area contributed by atoms with Gasteiger partial charge in [0, 0.05) is 17.4 Å². The number of hydrogen-bond acceptors (Lipinski definition) is 1. The highest BCUT2D eigenvalue weighted by atomic mass is 16.1. The summed E-state index contributed by atoms with van der Waals surface area (Å²) >= 11 is 0. The van der Waals surface area contributed by atoms with Gasteiger partial charge in [-0.2, -0.15) is 0 Å². The van der Waals surface area contributed by atoms with Gasteiger partial charge in [-0.3, -0.25) is 4.79 Å². The van der Waals surface area contributed by atoms with Gasteiger partial charge in [0.25, 0.3) is 0 Å². The molecule has 0 N–H and O–H groups in total. The van der Waals surface area contributed by atoms with Crippen LogP contribution in [-0.4, -0.2) is 5.78 Å². The van der Waals surface area contributed by atoms with Gasteiger partial charge in [-0.15, -0.1) is 0 Å². The van der Waals surface area contributed by atoms with Crippen LogP contribution in [0.4, 0.5) is 0 Å². The van der Waals surface area contributed by atoms with Gasteiger partial charge in [-0.25, -0.2) is 0 Å². The van der Waals surface area contributed by atoms with Crippen molar-refractivity contribution in [2.45, 2.75) is 57.3 Å². The highest BCUT2D eigenvalue weighted by molar-refractivity contribution is 5.99. The van der Waals surface area contributed by atoms with Crippen molar-refractivity contribution < 1.29 is 4.79 Å². The molecule has 1 heteroatoms. The first-order valence-corrected chi connectivity index (χ1v) is 8.07. The number of carbonyl (C=O) groups is 1. The quantitative estimate of drug-likeness (QED) is 0.715. The summed E-state index contributed by atoms with van der Waals surface area (Å²) in [6.07, 6.45) is 10.3. The van der Waals surface area contributed by atoms with Gasteiger partial charge in [0.15, 0.2) is 5.78 Å². The second kappa shape index (κ2) is 4.31. The predicted molar refractivity (Wildman–Crippen MR) is 81.1 cm³/mol. The number of rotatable bonds is 2. The molecule has 0 radical (unpaired) electrons. The average Bonchev–Trinajstić information content (AvgIpc) is 3.05. The van der Waals surface area contributed by atoms with Crippen LogP contribution in [0, 0.1) is 5.92 Å². The molecule has 1 nitrogen and oxygen atoms in total. The molecule has 3 aliphatic rings. The molecule has 0 heterocycles. The molecular weight excluding hydrogens is 244 g/mol. The number of aryl methyl sites for hydroxylation is 1. The molecule has 104 valence electrons. The molecule has 1 saturated carbocycles. The van der Waals surface area contributed by atoms with Crippen molar-refractivity contribution in [1.29, 1.82) is 0 Å². The van der Waals surface area contributed by atoms with E-state index in [4.69, 9.17) is 0 Å². The van der Waals surface area contributed by atoms with E-state index in [0.29, 0.717) is 11.2 Å². The highest BCUT2D eigenvalue weighted by Crippen LogP contribution is 2.58. The first-order chi connectivity index (χ1) is 9.73. The zero-order valence-electron chi connectivity index (χ0n) is 12.2. The molecule has 0 aliphatic heterocycles. The monoisotopic (exact) mass is 266 g/mol. The number of ketones is 1. The van der Waals surface area contributed by atoms with Gasteiger partial charge < -0.3 is 0 Å². The zero-order valence-corrected chi connectivity index (χ0v) is 12.2. The minimum Gasteiger partial charge on any atom is -0.294 e. The normalized spacial score (nSPS) is 30.8. The fourth-order valence-electron chi connectivity index (χ4n) is 4.81. The first-order valence-electron chi connectivity index (χ1n) is 8.07. The van der Waals surface area contributed by atoms with Gasteiger partial charge in [0.2, 0.25) is 0 Å². The van der Waals surface area contributed by atoms with Crippen LogP contribution in [-0.2, 0) is 11.8 Å². The Bertz CT molecular complexity index is 610. The summed E-state index contributed by atoms with van der Waals surface area (Å²) < 4.78 is 0. The fourth-order valence-corrected chi connectivity index (χ4v) is 4.81. The van der Waals surface area contributed by atoms with Crippen LogP contribution in [0.3, 0.4) is 0 Å². The van der Waals surface area contributed by atoms with Gasteiger partial charge >= 0.3 is 0 Å². The van der Waals surface area contributed by atoms with Crippen LogP contribution < -0.4 is 0 Å². The van der Waals surface area contributed by atoms with E-state index < -0.39 is 0 Å². The Labute approximate surface area is 121 Å². The lowest BCUT2D eigenvalue weighted by Crippen LogP contribution is -2.37. The molecule has 3 aliphatic carbocycles. The first kappa shape index (κ1) is 12.4. The third-order valence-corrected chi connectivity index (χ3v) is 5.78. The molecule has 0 aromatic heterocycles. The molecule has 2 atom stereocenters. The van der Waals surface area contributed by atoms with Crippen LogP contribution in [0.15, 0.2) is 29.8 Å². The van der Waals surface area contributed by atoms with Crippen LogP contribution in [0.5, 0.6) is 0 Å². The Morgan fingerprint density at radius 3 is 2.95 bits per heavy atom. The minimum atomic E-state index is 0.303. The molecule has 0 saturated heterocycles. The highest BCUT2D eigenvalue weighted by Gasteiger charge is 2.51. The summed E-state index contributed by atoms with van der Waals surface area (Å²) in [5.41, 5.74) is 5.79. The third-order valence-electron chi connectivity index (χ3n) is 5.78. The third kappa shape index (κ3) is 1.58. The van der Waals surface area contributed by atoms with Gasteiger partial charge in [0.05, 0.1) is 0 Å². The van der Waals surface area contributed by atoms with Crippen molar-refractivity contribution in [2.24, 2.45) is 5.92 Å². The van der Waals surface area contributed by atoms with Crippen molar-refractivity contribution in [3.8, 4) is 0 Å². The van der Waals surface area contributed by atoms with E-state index in [1.807, 2.05) is 0 Å². The van der Waals surface area contributed by atoms with Crippen LogP contribution in [0.25, 0.3) is 0 Å². The molecule has 0 amide bonds. The molecule has 1 fully saturated rings. The number of Topliss-reactive ketones (excluding diaryl/α,β-unsaturated/α-hetero) is 1. The van der Waals surface area contributed by atoms with Crippen LogP contribution >= 0.6 is 0 Å². The molecule has 20 heavy (non-hydrogen) atoms. The Hall–Kier alpha value is -1.37. The van der Waals surface area contributed by atoms with Crippen LogP contribution in [0.2, 0.25) is 0 Å². The van der Waals surface area contributed by atoms with Crippen molar-refractivity contribution in [3.63, 3.8) is 0 Å². The maximum Gasteiger partial charge on any atom is 0.163 e. The van der Waals surface area contributed by atoms with Crippen molar-refractivity contribution in [3.05, 3.63) is 46.5 Å². The van der Waals surface area contributed by atoms with Crippen LogP contribution in [0.1, 0.15) is 66.9 Å². The molecule has 1 spiro atoms. The number of benzene rings is 1. The zero-order chi connectivity index (χ0) is 13.7. The molecule has 2 bridgehead atoms. The van der Waals surface area contributed by atoms with Crippen molar-refractivity contribution >= 4 is 5.78 Å². The standard InChI is InChI=1S/C19H22O/c1-2-3-13-5-7-16-17(11-13)19(9-8-18(16)20)12-14-4-6-15(19)10-14/h4-5,7,11,15H,2-3,6,8-10,12H2,1H3. The van der Waals surface area contributed by atoms with Gasteiger partial charge in [-0.1, -0.05) is 43.2 Å². The van der Waals surface area contributed by atoms with E-state index in [9.17, 15) is 4.79 Å². The summed E-state index contributed by atoms with van der Waals surface area (Å²) in [6.45, 7) is 2.22. The Kier molecular flexibility index (Phi) is 2.67. The molecular formula is C19H22O. The molecule has 1 aromatic carbocycles. The van der Waals surface area contributed by atoms with Crippen molar-refractivity contribution in [1.82, 2.24) is 0 Å². The number of fused-ring (bicyclic) bond motifs is 5. The maximum atomic E-state index is 12.3. The fraction of sp³-hybridized carbons (Fsp3) is 0.526. The Balaban J connectivity index is 1.85. The van der Waals surface area contributed by atoms with Gasteiger partial charge in [0.1, 0.15) is 0 Å². The Morgan fingerprint density at radius 1 is 1.35 bits per heavy atom. The predicted octanol–water partition coefficient (Wildman–Crippen LogP) is 4.59. The summed E-state index contributed by atoms with van der Waals surface area (Å²) in [6, 6.07) is 6.66. The van der Waals surface area contributed by atoms with E-state index in [1.54, 1.807) is 5.57 Å². The SMILES string of the molecule is CCCc1ccc2c(c1)C1(CCC2=O)CC2=CCC1C2. The topological polar surface area (TPSA) is 17.1 Å². The summed E-state index contributed by atoms with van der Waals surface area (Å²) in [5.74, 6) is 1.13. The lowest BCUT2D eigenvalue weighted by molar-refractivity contribution is 0.0939. The number of allylic oxidation sites excluding steroid dienone is 2. The van der Waals surface area contributed by atoms with Crippen molar-refractivity contribution in [2.75, 3.05) is 0 Å². The second-order valence-electron chi connectivity index (χ2n) is 6.89. The number of carbonyl (C=O) groups excluding carboxylic acids is 1. The summed E-state index contributed by atoms with van der Waals surface area (Å²) in [7, 11) is 0. The van der Waals surface area contributed by atoms with E-state index in [-0.39, 0.29) is 0 Å². The summed E-state index contributed by atoms with van der Waals surface area (Å²) in [5, 5.41) is 0. The lowest BCUT2D eigenvalue weighted by Gasteiger charge is -2.41. The van der Waals surface area contributed by atoms with E-state index in [1.165, 1.54) is 36.8 Å². The Morgan fingerprint density at radius 2 is 2.25 bits per heavy atom. The summed E-state index contributed by atoms with van der Waals surface area (Å²) in [4.78, 5) is 12.3. The maximum absolute atomic E-state index is 12.3. The molecule has 1 aromatic rings. The van der Waals surface area contributed by atoms with E-state index in [0.717, 1.165) is 30.7 Å². The molecule has 4 rings (SSSR count). The van der Waals surface area contributed by atoms with E-state index in [2.05, 4.69) is 31.2 Å². The lowest BCUT2D eigenvalue weighted by atomic mass is 9.62. The smallest absolute Gasteiger partial charge is 0.163 e. The minimum absolute atomic E-state index is 0.303. The average molecular weight is 266 g/mol. The van der Waals surface area contributed by atoms with E-state index >= 15 is 0 Å². The van der Waals surface area contributed by atoms with Gasteiger partial charge in [-0.05, 0) is 49.1 Å². The number of hydrogen-bond donors (Lipinski definition) is 0. The second-order valence-corrected chi connectivity index (χ2v) is 6.89.